The van der Waals surface area contributed by atoms with Gasteiger partial charge >= 0.3 is 11.6 Å². The van der Waals surface area contributed by atoms with Crippen molar-refractivity contribution >= 4 is 27.9 Å². The summed E-state index contributed by atoms with van der Waals surface area (Å²) in [4.78, 5) is 22.3. The molecule has 90 valence electrons. The average molecular weight is 244 g/mol. The Kier molecular flexibility index (Phi) is 2.19. The van der Waals surface area contributed by atoms with Gasteiger partial charge in [-0.15, -0.1) is 0 Å². The molecule has 0 unspecified atom stereocenters. The predicted octanol–water partition coefficient (Wildman–Crippen LogP) is 2.46. The van der Waals surface area contributed by atoms with Crippen LogP contribution in [0.3, 0.4) is 0 Å². The van der Waals surface area contributed by atoms with E-state index in [2.05, 4.69) is 0 Å². The number of fused-ring (bicyclic) bond motifs is 3. The third-order valence-corrected chi connectivity index (χ3v) is 2.54. The molecule has 1 aromatic carbocycles. The van der Waals surface area contributed by atoms with Gasteiger partial charge in [-0.1, -0.05) is 0 Å². The van der Waals surface area contributed by atoms with E-state index in [0.29, 0.717) is 16.6 Å². The van der Waals surface area contributed by atoms with Crippen LogP contribution in [0.4, 0.5) is 0 Å². The molecule has 0 atom stereocenters. The quantitative estimate of drug-likeness (QED) is 0.485. The minimum absolute atomic E-state index is 0.248. The second-order valence-electron chi connectivity index (χ2n) is 3.81. The molecule has 0 bridgehead atoms. The Morgan fingerprint density at radius 3 is 2.78 bits per heavy atom. The van der Waals surface area contributed by atoms with Gasteiger partial charge in [-0.3, -0.25) is 4.79 Å². The molecule has 18 heavy (non-hydrogen) atoms. The molecular weight excluding hydrogens is 236 g/mol. The summed E-state index contributed by atoms with van der Waals surface area (Å²) in [5.41, 5.74) is 0.378. The van der Waals surface area contributed by atoms with E-state index in [-0.39, 0.29) is 5.75 Å². The summed E-state index contributed by atoms with van der Waals surface area (Å²) in [5, 5.41) is 1.22. The Morgan fingerprint density at radius 1 is 1.22 bits per heavy atom. The maximum Gasteiger partial charge on any atom is 0.336 e. The van der Waals surface area contributed by atoms with Gasteiger partial charge in [-0.25, -0.2) is 4.79 Å². The Hall–Kier alpha value is -2.56. The fraction of sp³-hybridized carbons (Fsp3) is 0.0769. The van der Waals surface area contributed by atoms with Gasteiger partial charge in [0.25, 0.3) is 0 Å². The molecule has 0 radical (unpaired) electrons. The van der Waals surface area contributed by atoms with Crippen molar-refractivity contribution < 1.29 is 18.4 Å². The lowest BCUT2D eigenvalue weighted by Crippen LogP contribution is -2.01. The van der Waals surface area contributed by atoms with Gasteiger partial charge < -0.3 is 13.6 Å². The van der Waals surface area contributed by atoms with E-state index in [9.17, 15) is 9.59 Å². The summed E-state index contributed by atoms with van der Waals surface area (Å²) in [6.45, 7) is 1.29. The van der Waals surface area contributed by atoms with Crippen LogP contribution in [0.15, 0.2) is 44.2 Å². The zero-order valence-corrected chi connectivity index (χ0v) is 9.43. The largest absolute Gasteiger partial charge is 0.460 e. The molecule has 0 spiro atoms. The Labute approximate surface area is 101 Å². The van der Waals surface area contributed by atoms with Gasteiger partial charge in [0.15, 0.2) is 11.3 Å². The third kappa shape index (κ3) is 1.57. The number of rotatable bonds is 1. The SMILES string of the molecule is CC(=O)Oc1coc2ccc3ccc(=O)oc3c12. The third-order valence-electron chi connectivity index (χ3n) is 2.54. The Balaban J connectivity index is 2.42. The van der Waals surface area contributed by atoms with Crippen molar-refractivity contribution in [3.05, 3.63) is 40.9 Å². The standard InChI is InChI=1S/C13H8O5/c1-7(14)17-10-6-16-9-4-2-8-3-5-11(15)18-13(8)12(9)10/h2-6H,1H3. The molecule has 5 heteroatoms. The van der Waals surface area contributed by atoms with Gasteiger partial charge in [-0.2, -0.15) is 0 Å². The van der Waals surface area contributed by atoms with Crippen molar-refractivity contribution in [3.63, 3.8) is 0 Å². The van der Waals surface area contributed by atoms with E-state index in [0.717, 1.165) is 5.39 Å². The van der Waals surface area contributed by atoms with Crippen molar-refractivity contribution in [3.8, 4) is 5.75 Å². The Morgan fingerprint density at radius 2 is 2.00 bits per heavy atom. The second kappa shape index (κ2) is 3.73. The summed E-state index contributed by atoms with van der Waals surface area (Å²) >= 11 is 0. The second-order valence-corrected chi connectivity index (χ2v) is 3.81. The number of hydrogen-bond donors (Lipinski definition) is 0. The average Bonchev–Trinajstić information content (AvgIpc) is 2.72. The minimum atomic E-state index is -0.468. The first-order valence-electron chi connectivity index (χ1n) is 5.27. The van der Waals surface area contributed by atoms with Crippen LogP contribution in [0.2, 0.25) is 0 Å². The lowest BCUT2D eigenvalue weighted by atomic mass is 10.1. The van der Waals surface area contributed by atoms with Crippen LogP contribution in [0.5, 0.6) is 5.75 Å². The van der Waals surface area contributed by atoms with Crippen molar-refractivity contribution in [1.82, 2.24) is 0 Å². The first-order valence-corrected chi connectivity index (χ1v) is 5.27. The van der Waals surface area contributed by atoms with Gasteiger partial charge in [-0.05, 0) is 18.2 Å². The van der Waals surface area contributed by atoms with E-state index < -0.39 is 11.6 Å². The van der Waals surface area contributed by atoms with Gasteiger partial charge in [0.2, 0.25) is 0 Å². The summed E-state index contributed by atoms with van der Waals surface area (Å²) in [5.74, 6) is -0.217. The lowest BCUT2D eigenvalue weighted by molar-refractivity contribution is -0.131. The molecule has 3 aromatic rings. The maximum atomic E-state index is 11.3. The van der Waals surface area contributed by atoms with Crippen LogP contribution in [0, 0.1) is 0 Å². The van der Waals surface area contributed by atoms with Crippen LogP contribution >= 0.6 is 0 Å². The number of ether oxygens (including phenoxy) is 1. The summed E-state index contributed by atoms with van der Waals surface area (Å²) in [6, 6.07) is 6.47. The van der Waals surface area contributed by atoms with E-state index in [4.69, 9.17) is 13.6 Å². The van der Waals surface area contributed by atoms with E-state index in [1.165, 1.54) is 19.3 Å². The summed E-state index contributed by atoms with van der Waals surface area (Å²) < 4.78 is 15.4. The molecule has 0 amide bonds. The van der Waals surface area contributed by atoms with Crippen LogP contribution in [0.1, 0.15) is 6.92 Å². The first kappa shape index (κ1) is 10.6. The highest BCUT2D eigenvalue weighted by Crippen LogP contribution is 2.34. The maximum absolute atomic E-state index is 11.3. The smallest absolute Gasteiger partial charge is 0.336 e. The molecule has 2 aromatic heterocycles. The summed E-state index contributed by atoms with van der Waals surface area (Å²) in [7, 11) is 0. The molecule has 0 saturated heterocycles. The fourth-order valence-electron chi connectivity index (χ4n) is 1.85. The topological polar surface area (TPSA) is 69.7 Å². The molecule has 0 aliphatic rings. The minimum Gasteiger partial charge on any atom is -0.460 e. The zero-order valence-electron chi connectivity index (χ0n) is 9.43. The molecule has 0 saturated carbocycles. The predicted molar refractivity (Wildman–Crippen MR) is 63.6 cm³/mol. The number of esters is 1. The fourth-order valence-corrected chi connectivity index (χ4v) is 1.85. The number of benzene rings is 1. The molecule has 0 aliphatic carbocycles. The molecule has 0 N–H and O–H groups in total. The Bertz CT molecular complexity index is 809. The van der Waals surface area contributed by atoms with Gasteiger partial charge in [0, 0.05) is 18.4 Å². The van der Waals surface area contributed by atoms with Crippen molar-refractivity contribution in [2.24, 2.45) is 0 Å². The van der Waals surface area contributed by atoms with E-state index in [1.54, 1.807) is 18.2 Å². The van der Waals surface area contributed by atoms with Gasteiger partial charge in [0.05, 0.1) is 0 Å². The number of carbonyl (C=O) groups is 1. The normalized spacial score (nSPS) is 10.9. The molecule has 0 aliphatic heterocycles. The van der Waals surface area contributed by atoms with Gasteiger partial charge in [0.1, 0.15) is 17.2 Å². The molecule has 3 rings (SSSR count). The molecule has 5 nitrogen and oxygen atoms in total. The molecule has 0 fully saturated rings. The van der Waals surface area contributed by atoms with Crippen molar-refractivity contribution in [1.29, 1.82) is 0 Å². The summed E-state index contributed by atoms with van der Waals surface area (Å²) in [6.07, 6.45) is 1.32. The zero-order chi connectivity index (χ0) is 12.7. The highest BCUT2D eigenvalue weighted by molar-refractivity contribution is 6.06. The number of hydrogen-bond acceptors (Lipinski definition) is 5. The van der Waals surface area contributed by atoms with Crippen molar-refractivity contribution in [2.75, 3.05) is 0 Å². The number of furan rings is 1. The van der Waals surface area contributed by atoms with Crippen molar-refractivity contribution in [2.45, 2.75) is 6.92 Å². The molecule has 2 heterocycles. The highest BCUT2D eigenvalue weighted by Gasteiger charge is 2.14. The molecular formula is C13H8O5. The number of carbonyl (C=O) groups excluding carboxylic acids is 1. The van der Waals surface area contributed by atoms with Crippen LogP contribution < -0.4 is 10.4 Å². The van der Waals surface area contributed by atoms with E-state index >= 15 is 0 Å². The van der Waals surface area contributed by atoms with Crippen LogP contribution in [-0.4, -0.2) is 5.97 Å². The van der Waals surface area contributed by atoms with Crippen LogP contribution in [0.25, 0.3) is 21.9 Å². The monoisotopic (exact) mass is 244 g/mol. The highest BCUT2D eigenvalue weighted by atomic mass is 16.5. The first-order chi connectivity index (χ1) is 8.65. The van der Waals surface area contributed by atoms with E-state index in [1.807, 2.05) is 0 Å². The van der Waals surface area contributed by atoms with Crippen LogP contribution in [-0.2, 0) is 4.79 Å². The lowest BCUT2D eigenvalue weighted by Gasteiger charge is -2.00.